The Hall–Kier alpha value is -4.02. The number of Topliss-reactive ketones (excluding diaryl/α,β-unsaturated/α-hetero) is 2. The van der Waals surface area contributed by atoms with Crippen molar-refractivity contribution in [2.45, 2.75) is 37.3 Å². The van der Waals surface area contributed by atoms with E-state index in [2.05, 4.69) is 4.98 Å². The van der Waals surface area contributed by atoms with Gasteiger partial charge in [-0.05, 0) is 75.0 Å². The molecule has 0 radical (unpaired) electrons. The molecule has 0 unspecified atom stereocenters. The highest BCUT2D eigenvalue weighted by molar-refractivity contribution is 6.24. The van der Waals surface area contributed by atoms with Crippen LogP contribution in [0.2, 0.25) is 0 Å². The van der Waals surface area contributed by atoms with Crippen molar-refractivity contribution >= 4 is 23.2 Å². The number of aromatic nitrogens is 1. The molecule has 0 aliphatic heterocycles. The Morgan fingerprint density at radius 1 is 1.13 bits per heavy atom. The van der Waals surface area contributed by atoms with E-state index in [9.17, 15) is 34.8 Å². The number of carbonyl (C=O) groups is 3. The first kappa shape index (κ1) is 25.6. The van der Waals surface area contributed by atoms with Crippen molar-refractivity contribution in [3.8, 4) is 5.75 Å². The fourth-order valence-electron chi connectivity index (χ4n) is 6.35. The molecule has 5 rings (SSSR count). The Morgan fingerprint density at radius 2 is 1.87 bits per heavy atom. The van der Waals surface area contributed by atoms with Crippen LogP contribution in [0.15, 0.2) is 53.4 Å². The van der Waals surface area contributed by atoms with E-state index in [0.717, 1.165) is 11.3 Å². The van der Waals surface area contributed by atoms with Gasteiger partial charge in [0.1, 0.15) is 22.8 Å². The van der Waals surface area contributed by atoms with E-state index >= 15 is 0 Å². The molecule has 198 valence electrons. The minimum absolute atomic E-state index is 0.0566. The summed E-state index contributed by atoms with van der Waals surface area (Å²) < 4.78 is 0. The molecule has 1 aromatic carbocycles. The Bertz CT molecular complexity index is 1430. The van der Waals surface area contributed by atoms with Crippen LogP contribution in [-0.4, -0.2) is 73.5 Å². The van der Waals surface area contributed by atoms with Gasteiger partial charge in [0, 0.05) is 23.4 Å². The van der Waals surface area contributed by atoms with E-state index in [4.69, 9.17) is 5.73 Å². The third kappa shape index (κ3) is 3.63. The smallest absolute Gasteiger partial charge is 0.255 e. The molecular weight excluding hydrogens is 490 g/mol. The van der Waals surface area contributed by atoms with E-state index in [-0.39, 0.29) is 29.7 Å². The normalized spacial score (nSPS) is 26.8. The summed E-state index contributed by atoms with van der Waals surface area (Å²) in [5, 5.41) is 44.6. The van der Waals surface area contributed by atoms with Crippen molar-refractivity contribution in [3.63, 3.8) is 0 Å². The number of aromatic hydroxyl groups is 1. The molecule has 1 amide bonds. The molecule has 1 saturated carbocycles. The Morgan fingerprint density at radius 3 is 2.50 bits per heavy atom. The number of phenolic OH excluding ortho intramolecular Hbond substituents is 1. The average Bonchev–Trinajstić information content (AvgIpc) is 2.86. The number of primary amides is 1. The summed E-state index contributed by atoms with van der Waals surface area (Å²) in [5.74, 6) is -6.57. The van der Waals surface area contributed by atoms with Gasteiger partial charge in [0.15, 0.2) is 11.4 Å². The highest BCUT2D eigenvalue weighted by atomic mass is 16.3. The molecule has 1 aromatic heterocycles. The highest BCUT2D eigenvalue weighted by Crippen LogP contribution is 2.53. The lowest BCUT2D eigenvalue weighted by molar-refractivity contribution is -0.153. The average molecular weight is 520 g/mol. The number of benzene rings is 1. The number of aliphatic hydroxyl groups excluding tert-OH is 2. The summed E-state index contributed by atoms with van der Waals surface area (Å²) in [6.07, 6.45) is 3.21. The van der Waals surface area contributed by atoms with Gasteiger partial charge in [0.25, 0.3) is 5.91 Å². The Balaban J connectivity index is 1.63. The SMILES string of the molecule is CN(C)[C@@H]1C(=O)C(C(N)=O)=C(O)[C@@]2(O)C(=O)C3=C(O)c4c(O)ccc(CCc5ccccn5)c4C[C@H]3C[C@@H]12. The molecule has 10 nitrogen and oxygen atoms in total. The summed E-state index contributed by atoms with van der Waals surface area (Å²) >= 11 is 0. The lowest BCUT2D eigenvalue weighted by atomic mass is 9.57. The second-order valence-electron chi connectivity index (χ2n) is 10.4. The fourth-order valence-corrected chi connectivity index (χ4v) is 6.35. The van der Waals surface area contributed by atoms with Crippen molar-refractivity contribution in [2.24, 2.45) is 17.6 Å². The summed E-state index contributed by atoms with van der Waals surface area (Å²) in [4.78, 5) is 44.9. The first-order valence-electron chi connectivity index (χ1n) is 12.4. The number of nitrogens with zero attached hydrogens (tertiary/aromatic N) is 2. The predicted octanol–water partition coefficient (Wildman–Crippen LogP) is 1.14. The van der Waals surface area contributed by atoms with Crippen molar-refractivity contribution in [1.29, 1.82) is 0 Å². The van der Waals surface area contributed by atoms with Crippen LogP contribution in [0.4, 0.5) is 0 Å². The molecule has 3 aliphatic carbocycles. The number of amides is 1. The second-order valence-corrected chi connectivity index (χ2v) is 10.4. The third-order valence-corrected chi connectivity index (χ3v) is 8.08. The molecule has 0 bridgehead atoms. The molecule has 1 fully saturated rings. The number of aliphatic hydroxyl groups is 3. The Labute approximate surface area is 218 Å². The van der Waals surface area contributed by atoms with Gasteiger partial charge in [-0.15, -0.1) is 0 Å². The van der Waals surface area contributed by atoms with Gasteiger partial charge in [-0.1, -0.05) is 12.1 Å². The molecule has 0 spiro atoms. The van der Waals surface area contributed by atoms with Gasteiger partial charge < -0.3 is 26.2 Å². The molecule has 6 N–H and O–H groups in total. The molecule has 1 heterocycles. The van der Waals surface area contributed by atoms with Gasteiger partial charge >= 0.3 is 0 Å². The lowest BCUT2D eigenvalue weighted by Crippen LogP contribution is -2.65. The molecular formula is C28H29N3O7. The van der Waals surface area contributed by atoms with Crippen LogP contribution in [0.5, 0.6) is 5.75 Å². The Kier molecular flexibility index (Phi) is 6.12. The van der Waals surface area contributed by atoms with Crippen molar-refractivity contribution in [1.82, 2.24) is 9.88 Å². The summed E-state index contributed by atoms with van der Waals surface area (Å²) in [5.41, 5.74) is 4.24. The van der Waals surface area contributed by atoms with Gasteiger partial charge in [0.2, 0.25) is 5.78 Å². The first-order chi connectivity index (χ1) is 18.0. The van der Waals surface area contributed by atoms with Crippen LogP contribution in [0, 0.1) is 11.8 Å². The number of aryl methyl sites for hydroxylation is 2. The van der Waals surface area contributed by atoms with Crippen LogP contribution in [-0.2, 0) is 33.6 Å². The van der Waals surface area contributed by atoms with Gasteiger partial charge in [0.05, 0.1) is 11.6 Å². The topological polar surface area (TPSA) is 174 Å². The van der Waals surface area contributed by atoms with E-state index in [0.29, 0.717) is 18.4 Å². The zero-order chi connectivity index (χ0) is 27.5. The maximum atomic E-state index is 13.9. The van der Waals surface area contributed by atoms with E-state index in [1.54, 1.807) is 26.4 Å². The predicted molar refractivity (Wildman–Crippen MR) is 136 cm³/mol. The number of nitrogens with two attached hydrogens (primary N) is 1. The van der Waals surface area contributed by atoms with Crippen LogP contribution in [0.1, 0.15) is 28.8 Å². The maximum absolute atomic E-state index is 13.9. The number of ketones is 2. The highest BCUT2D eigenvalue weighted by Gasteiger charge is 2.64. The summed E-state index contributed by atoms with van der Waals surface area (Å²) in [7, 11) is 3.14. The summed E-state index contributed by atoms with van der Waals surface area (Å²) in [6.45, 7) is 0. The van der Waals surface area contributed by atoms with Crippen molar-refractivity contribution in [3.05, 3.63) is 75.8 Å². The molecule has 0 saturated heterocycles. The zero-order valence-electron chi connectivity index (χ0n) is 21.0. The number of phenols is 1. The zero-order valence-corrected chi connectivity index (χ0v) is 21.0. The second kappa shape index (κ2) is 9.07. The minimum Gasteiger partial charge on any atom is -0.508 e. The minimum atomic E-state index is -2.64. The van der Waals surface area contributed by atoms with Crippen LogP contribution in [0.25, 0.3) is 5.76 Å². The number of likely N-dealkylation sites (N-methyl/N-ethyl adjacent to an activating group) is 1. The number of carbonyl (C=O) groups excluding carboxylic acids is 3. The van der Waals surface area contributed by atoms with Crippen molar-refractivity contribution < 1.29 is 34.8 Å². The molecule has 4 atom stereocenters. The van der Waals surface area contributed by atoms with Crippen molar-refractivity contribution in [2.75, 3.05) is 14.1 Å². The fraction of sp³-hybridized carbons (Fsp3) is 0.357. The number of rotatable bonds is 5. The quantitative estimate of drug-likeness (QED) is 0.363. The molecule has 10 heteroatoms. The lowest BCUT2D eigenvalue weighted by Gasteiger charge is -2.50. The standard InChI is InChI=1S/C28H29N3O7/c1-31(2)22-17-12-14-11-16-13(6-8-15-5-3-4-10-30-15)7-9-18(32)20(16)23(33)19(14)25(35)28(17,38)26(36)21(24(22)34)27(29)37/h3-5,7,9-10,14,17,22,32-33,36,38H,6,8,11-12H2,1-2H3,(H2,29,37)/t14-,17-,22-,28-/m0/s1. The molecule has 3 aliphatic rings. The van der Waals surface area contributed by atoms with E-state index in [1.807, 2.05) is 18.2 Å². The largest absolute Gasteiger partial charge is 0.508 e. The number of hydrogen-bond acceptors (Lipinski definition) is 9. The maximum Gasteiger partial charge on any atom is 0.255 e. The number of fused-ring (bicyclic) bond motifs is 3. The molecule has 2 aromatic rings. The first-order valence-corrected chi connectivity index (χ1v) is 12.4. The van der Waals surface area contributed by atoms with Gasteiger partial charge in [-0.3, -0.25) is 24.3 Å². The van der Waals surface area contributed by atoms with E-state index < -0.39 is 58.0 Å². The van der Waals surface area contributed by atoms with Gasteiger partial charge in [-0.25, -0.2) is 0 Å². The van der Waals surface area contributed by atoms with Crippen LogP contribution < -0.4 is 5.73 Å². The van der Waals surface area contributed by atoms with Crippen LogP contribution in [0.3, 0.4) is 0 Å². The molecule has 38 heavy (non-hydrogen) atoms. The van der Waals surface area contributed by atoms with E-state index in [1.165, 1.54) is 11.0 Å². The number of hydrogen-bond donors (Lipinski definition) is 5. The monoisotopic (exact) mass is 519 g/mol. The van der Waals surface area contributed by atoms with Crippen LogP contribution >= 0.6 is 0 Å². The summed E-state index contributed by atoms with van der Waals surface area (Å²) in [6, 6.07) is 7.73. The van der Waals surface area contributed by atoms with Gasteiger partial charge in [-0.2, -0.15) is 0 Å². The third-order valence-electron chi connectivity index (χ3n) is 8.08. The number of pyridine rings is 1.